The van der Waals surface area contributed by atoms with E-state index in [1.54, 1.807) is 0 Å². The van der Waals surface area contributed by atoms with Crippen LogP contribution in [-0.4, -0.2) is 34.9 Å². The van der Waals surface area contributed by atoms with Crippen LogP contribution >= 0.6 is 0 Å². The molecule has 0 unspecified atom stereocenters. The largest absolute Gasteiger partial charge is 0.416 e. The fraction of sp³-hybridized carbons (Fsp3) is 0.429. The maximum Gasteiger partial charge on any atom is 0.416 e. The molecule has 1 fully saturated rings. The molecule has 2 atom stereocenters. The molecule has 1 aromatic carbocycles. The quantitative estimate of drug-likeness (QED) is 0.668. The summed E-state index contributed by atoms with van der Waals surface area (Å²) in [6.45, 7) is 3.51. The normalized spacial score (nSPS) is 21.0. The van der Waals surface area contributed by atoms with Gasteiger partial charge in [-0.1, -0.05) is 13.0 Å². The highest BCUT2D eigenvalue weighted by molar-refractivity contribution is 6.04. The summed E-state index contributed by atoms with van der Waals surface area (Å²) in [5.74, 6) is -1.70. The van der Waals surface area contributed by atoms with Crippen molar-refractivity contribution in [2.45, 2.75) is 38.3 Å². The number of amides is 2. The van der Waals surface area contributed by atoms with E-state index in [2.05, 4.69) is 27.5 Å². The number of rotatable bonds is 3. The van der Waals surface area contributed by atoms with Crippen LogP contribution in [0.25, 0.3) is 0 Å². The predicted molar refractivity (Wildman–Crippen MR) is 112 cm³/mol. The summed E-state index contributed by atoms with van der Waals surface area (Å²) < 4.78 is 38.9. The molecule has 32 heavy (non-hydrogen) atoms. The summed E-state index contributed by atoms with van der Waals surface area (Å²) in [5, 5.41) is 4.93. The standard InChI is InChI=1S/C21H22F3N5O3/c1-11-4-3-7-29(10-11)20-27-17-16(19(32)28-20)14(9-15(30)26-17)18(31)25-13-6-2-5-12(8-13)21(22,23)24/h2,5-6,8,11,14H,3-4,7,9-10H2,1H3,(H,25,31)(H2,26,27,28,30,32)/t11-,14+/m1/s1. The Bertz CT molecular complexity index is 1110. The first-order valence-corrected chi connectivity index (χ1v) is 10.3. The molecule has 0 saturated carbocycles. The van der Waals surface area contributed by atoms with Gasteiger partial charge in [-0.2, -0.15) is 18.2 Å². The first kappa shape index (κ1) is 21.8. The van der Waals surface area contributed by atoms with Crippen LogP contribution in [0.2, 0.25) is 0 Å². The smallest absolute Gasteiger partial charge is 0.342 e. The second-order valence-electron chi connectivity index (χ2n) is 8.22. The molecule has 2 amide bonds. The van der Waals surface area contributed by atoms with E-state index in [1.807, 2.05) is 4.90 Å². The number of nitrogens with one attached hydrogen (secondary N) is 3. The lowest BCUT2D eigenvalue weighted by Gasteiger charge is -2.32. The van der Waals surface area contributed by atoms with Gasteiger partial charge in [0.15, 0.2) is 0 Å². The molecule has 170 valence electrons. The van der Waals surface area contributed by atoms with Gasteiger partial charge in [0.05, 0.1) is 17.0 Å². The Morgan fingerprint density at radius 1 is 1.28 bits per heavy atom. The number of nitrogens with zero attached hydrogens (tertiary/aromatic N) is 2. The Morgan fingerprint density at radius 3 is 2.78 bits per heavy atom. The Morgan fingerprint density at radius 2 is 2.06 bits per heavy atom. The van der Waals surface area contributed by atoms with Gasteiger partial charge < -0.3 is 15.5 Å². The monoisotopic (exact) mass is 449 g/mol. The van der Waals surface area contributed by atoms with Gasteiger partial charge in [0.1, 0.15) is 5.82 Å². The second-order valence-corrected chi connectivity index (χ2v) is 8.22. The van der Waals surface area contributed by atoms with Gasteiger partial charge in [-0.15, -0.1) is 0 Å². The van der Waals surface area contributed by atoms with Crippen molar-refractivity contribution in [2.75, 3.05) is 28.6 Å². The molecule has 0 aliphatic carbocycles. The van der Waals surface area contributed by atoms with Gasteiger partial charge in [-0.05, 0) is 37.0 Å². The lowest BCUT2D eigenvalue weighted by atomic mass is 9.92. The highest BCUT2D eigenvalue weighted by Crippen LogP contribution is 2.33. The van der Waals surface area contributed by atoms with Crippen LogP contribution in [-0.2, 0) is 15.8 Å². The van der Waals surface area contributed by atoms with Crippen molar-refractivity contribution in [3.63, 3.8) is 0 Å². The molecule has 2 aromatic rings. The number of piperidine rings is 1. The number of hydrogen-bond donors (Lipinski definition) is 3. The number of fused-ring (bicyclic) bond motifs is 1. The van der Waals surface area contributed by atoms with Gasteiger partial charge >= 0.3 is 6.18 Å². The summed E-state index contributed by atoms with van der Waals surface area (Å²) in [6.07, 6.45) is -2.87. The maximum absolute atomic E-state index is 13.0. The van der Waals surface area contributed by atoms with Crippen LogP contribution in [0.3, 0.4) is 0 Å². The molecule has 2 aliphatic heterocycles. The number of benzene rings is 1. The molecule has 2 aliphatic rings. The Kier molecular flexibility index (Phi) is 5.66. The number of halogens is 3. The molecular weight excluding hydrogens is 427 g/mol. The van der Waals surface area contributed by atoms with Crippen molar-refractivity contribution in [3.8, 4) is 0 Å². The van der Waals surface area contributed by atoms with Gasteiger partial charge in [-0.3, -0.25) is 19.4 Å². The number of aromatic amines is 1. The molecular formula is C21H22F3N5O3. The fourth-order valence-corrected chi connectivity index (χ4v) is 4.12. The van der Waals surface area contributed by atoms with Crippen LogP contribution in [0, 0.1) is 5.92 Å². The second kappa shape index (κ2) is 8.29. The van der Waals surface area contributed by atoms with E-state index in [9.17, 15) is 27.6 Å². The van der Waals surface area contributed by atoms with E-state index in [4.69, 9.17) is 0 Å². The lowest BCUT2D eigenvalue weighted by molar-refractivity contribution is -0.137. The molecule has 8 nitrogen and oxygen atoms in total. The summed E-state index contributed by atoms with van der Waals surface area (Å²) in [4.78, 5) is 46.9. The van der Waals surface area contributed by atoms with Crippen molar-refractivity contribution in [2.24, 2.45) is 5.92 Å². The third-order valence-corrected chi connectivity index (χ3v) is 5.67. The van der Waals surface area contributed by atoms with E-state index in [1.165, 1.54) is 12.1 Å². The zero-order valence-corrected chi connectivity index (χ0v) is 17.3. The highest BCUT2D eigenvalue weighted by Gasteiger charge is 2.36. The van der Waals surface area contributed by atoms with Crippen molar-refractivity contribution >= 4 is 29.3 Å². The minimum absolute atomic E-state index is 0.00224. The van der Waals surface area contributed by atoms with E-state index in [0.717, 1.165) is 25.0 Å². The van der Waals surface area contributed by atoms with E-state index in [0.29, 0.717) is 25.0 Å². The Hall–Kier alpha value is -3.37. The Labute approximate surface area is 181 Å². The van der Waals surface area contributed by atoms with E-state index >= 15 is 0 Å². The van der Waals surface area contributed by atoms with Crippen molar-refractivity contribution in [1.29, 1.82) is 0 Å². The molecule has 0 radical (unpaired) electrons. The Balaban J connectivity index is 1.62. The highest BCUT2D eigenvalue weighted by atomic mass is 19.4. The molecule has 1 aromatic heterocycles. The summed E-state index contributed by atoms with van der Waals surface area (Å²) in [7, 11) is 0. The summed E-state index contributed by atoms with van der Waals surface area (Å²) in [5.41, 5.74) is -1.58. The molecule has 0 bridgehead atoms. The number of alkyl halides is 3. The summed E-state index contributed by atoms with van der Waals surface area (Å²) in [6, 6.07) is 4.15. The predicted octanol–water partition coefficient (Wildman–Crippen LogP) is 3.09. The average molecular weight is 449 g/mol. The molecule has 1 saturated heterocycles. The molecule has 3 heterocycles. The number of hydrogen-bond acceptors (Lipinski definition) is 5. The number of anilines is 3. The SMILES string of the molecule is C[C@@H]1CCCN(c2nc3c(c(=O)[nH]2)[C@@H](C(=O)Nc2cccc(C(F)(F)F)c2)CC(=O)N3)C1. The van der Waals surface area contributed by atoms with Crippen LogP contribution in [0.1, 0.15) is 43.2 Å². The maximum atomic E-state index is 13.0. The third kappa shape index (κ3) is 4.46. The minimum Gasteiger partial charge on any atom is -0.342 e. The molecule has 0 spiro atoms. The van der Waals surface area contributed by atoms with E-state index in [-0.39, 0.29) is 23.5 Å². The van der Waals surface area contributed by atoms with Crippen LogP contribution in [0.15, 0.2) is 29.1 Å². The van der Waals surface area contributed by atoms with Crippen LogP contribution in [0.4, 0.5) is 30.6 Å². The zero-order valence-electron chi connectivity index (χ0n) is 17.3. The fourth-order valence-electron chi connectivity index (χ4n) is 4.12. The summed E-state index contributed by atoms with van der Waals surface area (Å²) >= 11 is 0. The third-order valence-electron chi connectivity index (χ3n) is 5.67. The van der Waals surface area contributed by atoms with Crippen LogP contribution in [0.5, 0.6) is 0 Å². The van der Waals surface area contributed by atoms with Crippen LogP contribution < -0.4 is 21.1 Å². The molecule has 11 heteroatoms. The first-order chi connectivity index (χ1) is 15.1. The van der Waals surface area contributed by atoms with Gasteiger partial charge in [0.2, 0.25) is 17.8 Å². The van der Waals surface area contributed by atoms with E-state index < -0.39 is 35.0 Å². The van der Waals surface area contributed by atoms with Crippen molar-refractivity contribution < 1.29 is 22.8 Å². The number of H-pyrrole nitrogens is 1. The first-order valence-electron chi connectivity index (χ1n) is 10.3. The number of carbonyl (C=O) groups excluding carboxylic acids is 2. The van der Waals surface area contributed by atoms with Crippen molar-refractivity contribution in [3.05, 3.63) is 45.7 Å². The van der Waals surface area contributed by atoms with Gasteiger partial charge in [-0.25, -0.2) is 0 Å². The topological polar surface area (TPSA) is 107 Å². The zero-order chi connectivity index (χ0) is 23.0. The minimum atomic E-state index is -4.57. The molecule has 3 N–H and O–H groups in total. The lowest BCUT2D eigenvalue weighted by Crippen LogP contribution is -2.40. The van der Waals surface area contributed by atoms with Gasteiger partial charge in [0.25, 0.3) is 5.56 Å². The number of aromatic nitrogens is 2. The number of carbonyl (C=O) groups is 2. The average Bonchev–Trinajstić information content (AvgIpc) is 2.72. The molecule has 4 rings (SSSR count). The van der Waals surface area contributed by atoms with Crippen molar-refractivity contribution in [1.82, 2.24) is 9.97 Å². The van der Waals surface area contributed by atoms with Gasteiger partial charge in [0, 0.05) is 25.2 Å².